The van der Waals surface area contributed by atoms with Crippen molar-refractivity contribution < 1.29 is 31.1 Å². The standard InChI is InChI=1S/C16H17F6NO/c17-15(18,19)8-5-14(24)23-9-6-12(7-10-23)11-1-3-13(4-2-11)16(20,21)22/h1-4,12H,5-10H2. The van der Waals surface area contributed by atoms with Gasteiger partial charge < -0.3 is 4.90 Å². The molecule has 1 saturated heterocycles. The van der Waals surface area contributed by atoms with E-state index in [0.717, 1.165) is 17.7 Å². The predicted octanol–water partition coefficient (Wildman–Crippen LogP) is 4.75. The van der Waals surface area contributed by atoms with Gasteiger partial charge in [0.2, 0.25) is 5.91 Å². The lowest BCUT2D eigenvalue weighted by Crippen LogP contribution is -2.38. The van der Waals surface area contributed by atoms with Gasteiger partial charge in [-0.15, -0.1) is 0 Å². The Hall–Kier alpha value is -1.73. The van der Waals surface area contributed by atoms with E-state index in [0.29, 0.717) is 25.9 Å². The number of carbonyl (C=O) groups excluding carboxylic acids is 1. The van der Waals surface area contributed by atoms with E-state index in [1.54, 1.807) is 0 Å². The number of alkyl halides is 6. The molecule has 0 unspecified atom stereocenters. The van der Waals surface area contributed by atoms with Crippen LogP contribution in [0.2, 0.25) is 0 Å². The van der Waals surface area contributed by atoms with E-state index in [1.807, 2.05) is 0 Å². The van der Waals surface area contributed by atoms with Crippen molar-refractivity contribution in [3.63, 3.8) is 0 Å². The summed E-state index contributed by atoms with van der Waals surface area (Å²) in [7, 11) is 0. The maximum Gasteiger partial charge on any atom is 0.416 e. The average molecular weight is 353 g/mol. The number of hydrogen-bond donors (Lipinski definition) is 0. The summed E-state index contributed by atoms with van der Waals surface area (Å²) in [5, 5.41) is 0. The summed E-state index contributed by atoms with van der Waals surface area (Å²) >= 11 is 0. The molecule has 1 fully saturated rings. The molecule has 0 aromatic heterocycles. The summed E-state index contributed by atoms with van der Waals surface area (Å²) in [6.07, 6.45) is -9.37. The third-order valence-electron chi connectivity index (χ3n) is 4.18. The number of hydrogen-bond acceptors (Lipinski definition) is 1. The number of nitrogens with zero attached hydrogens (tertiary/aromatic N) is 1. The molecule has 1 aliphatic rings. The van der Waals surface area contributed by atoms with E-state index < -0.39 is 36.7 Å². The summed E-state index contributed by atoms with van der Waals surface area (Å²) in [6.45, 7) is 0.644. The van der Waals surface area contributed by atoms with Crippen LogP contribution >= 0.6 is 0 Å². The highest BCUT2D eigenvalue weighted by molar-refractivity contribution is 5.76. The summed E-state index contributed by atoms with van der Waals surface area (Å²) < 4.78 is 74.0. The van der Waals surface area contributed by atoms with E-state index in [2.05, 4.69) is 0 Å². The largest absolute Gasteiger partial charge is 0.416 e. The molecule has 24 heavy (non-hydrogen) atoms. The number of benzene rings is 1. The van der Waals surface area contributed by atoms with Crippen molar-refractivity contribution in [2.75, 3.05) is 13.1 Å². The van der Waals surface area contributed by atoms with Gasteiger partial charge in [0.15, 0.2) is 0 Å². The zero-order valence-electron chi connectivity index (χ0n) is 12.8. The fourth-order valence-electron chi connectivity index (χ4n) is 2.81. The molecule has 2 nitrogen and oxygen atoms in total. The SMILES string of the molecule is O=C(CCC(F)(F)F)N1CCC(c2ccc(C(F)(F)F)cc2)CC1. The molecule has 0 aliphatic carbocycles. The third-order valence-corrected chi connectivity index (χ3v) is 4.18. The quantitative estimate of drug-likeness (QED) is 0.718. The molecule has 1 aromatic rings. The third kappa shape index (κ3) is 5.14. The number of rotatable bonds is 3. The fourth-order valence-corrected chi connectivity index (χ4v) is 2.81. The Morgan fingerprint density at radius 3 is 2.00 bits per heavy atom. The normalized spacial score (nSPS) is 17.2. The number of amides is 1. The van der Waals surface area contributed by atoms with Crippen LogP contribution in [0, 0.1) is 0 Å². The van der Waals surface area contributed by atoms with Gasteiger partial charge in [0.1, 0.15) is 0 Å². The van der Waals surface area contributed by atoms with Crippen LogP contribution < -0.4 is 0 Å². The zero-order valence-corrected chi connectivity index (χ0v) is 12.8. The van der Waals surface area contributed by atoms with Gasteiger partial charge in [-0.25, -0.2) is 0 Å². The smallest absolute Gasteiger partial charge is 0.343 e. The highest BCUT2D eigenvalue weighted by Crippen LogP contribution is 2.33. The van der Waals surface area contributed by atoms with Gasteiger partial charge in [0, 0.05) is 19.5 Å². The van der Waals surface area contributed by atoms with Gasteiger partial charge in [0.05, 0.1) is 12.0 Å². The first-order chi connectivity index (χ1) is 11.1. The maximum atomic E-state index is 12.5. The summed E-state index contributed by atoms with van der Waals surface area (Å²) in [5.74, 6) is -0.517. The molecule has 1 aliphatic heterocycles. The lowest BCUT2D eigenvalue weighted by molar-refractivity contribution is -0.149. The van der Waals surface area contributed by atoms with E-state index in [9.17, 15) is 31.1 Å². The number of carbonyl (C=O) groups is 1. The minimum Gasteiger partial charge on any atom is -0.343 e. The first-order valence-electron chi connectivity index (χ1n) is 7.58. The molecule has 0 bridgehead atoms. The van der Waals surface area contributed by atoms with E-state index >= 15 is 0 Å². The second-order valence-electron chi connectivity index (χ2n) is 5.89. The number of likely N-dealkylation sites (tertiary alicyclic amines) is 1. The Morgan fingerprint density at radius 1 is 1.00 bits per heavy atom. The average Bonchev–Trinajstić information content (AvgIpc) is 2.51. The van der Waals surface area contributed by atoms with Gasteiger partial charge in [-0.05, 0) is 36.5 Å². The lowest BCUT2D eigenvalue weighted by Gasteiger charge is -2.32. The van der Waals surface area contributed by atoms with Crippen molar-refractivity contribution in [2.24, 2.45) is 0 Å². The molecule has 0 N–H and O–H groups in total. The van der Waals surface area contributed by atoms with Crippen LogP contribution in [0.3, 0.4) is 0 Å². The number of halogens is 6. The van der Waals surface area contributed by atoms with Crippen LogP contribution in [0.5, 0.6) is 0 Å². The van der Waals surface area contributed by atoms with Gasteiger partial charge in [-0.1, -0.05) is 12.1 Å². The van der Waals surface area contributed by atoms with Crippen LogP contribution in [0.1, 0.15) is 42.7 Å². The van der Waals surface area contributed by atoms with Crippen LogP contribution in [0.15, 0.2) is 24.3 Å². The van der Waals surface area contributed by atoms with E-state index in [1.165, 1.54) is 17.0 Å². The molecule has 0 saturated carbocycles. The van der Waals surface area contributed by atoms with Crippen molar-refractivity contribution in [1.29, 1.82) is 0 Å². The van der Waals surface area contributed by atoms with Gasteiger partial charge in [-0.2, -0.15) is 26.3 Å². The molecule has 8 heteroatoms. The van der Waals surface area contributed by atoms with Crippen LogP contribution in [0.25, 0.3) is 0 Å². The Labute approximate surface area is 135 Å². The first-order valence-corrected chi connectivity index (χ1v) is 7.58. The predicted molar refractivity (Wildman–Crippen MR) is 75.3 cm³/mol. The fraction of sp³-hybridized carbons (Fsp3) is 0.562. The van der Waals surface area contributed by atoms with Gasteiger partial charge in [0.25, 0.3) is 0 Å². The van der Waals surface area contributed by atoms with Crippen LogP contribution in [-0.2, 0) is 11.0 Å². The molecule has 2 rings (SSSR count). The summed E-state index contributed by atoms with van der Waals surface area (Å²) in [6, 6.07) is 4.90. The van der Waals surface area contributed by atoms with Crippen molar-refractivity contribution in [2.45, 2.75) is 44.0 Å². The Balaban J connectivity index is 1.87. The molecule has 0 atom stereocenters. The summed E-state index contributed by atoms with van der Waals surface area (Å²) in [5.41, 5.74) is 0.0383. The first kappa shape index (κ1) is 18.6. The van der Waals surface area contributed by atoms with Gasteiger partial charge >= 0.3 is 12.4 Å². The Bertz CT molecular complexity index is 555. The minimum atomic E-state index is -4.38. The van der Waals surface area contributed by atoms with E-state index in [-0.39, 0.29) is 5.92 Å². The van der Waals surface area contributed by atoms with Crippen molar-refractivity contribution in [3.8, 4) is 0 Å². The van der Waals surface area contributed by atoms with Crippen molar-refractivity contribution in [3.05, 3.63) is 35.4 Å². The molecule has 0 spiro atoms. The second kappa shape index (κ2) is 7.03. The topological polar surface area (TPSA) is 20.3 Å². The van der Waals surface area contributed by atoms with Crippen molar-refractivity contribution >= 4 is 5.91 Å². The second-order valence-corrected chi connectivity index (χ2v) is 5.89. The highest BCUT2D eigenvalue weighted by Gasteiger charge is 2.32. The summed E-state index contributed by atoms with van der Waals surface area (Å²) in [4.78, 5) is 13.1. The minimum absolute atomic E-state index is 0.0129. The highest BCUT2D eigenvalue weighted by atomic mass is 19.4. The monoisotopic (exact) mass is 353 g/mol. The van der Waals surface area contributed by atoms with E-state index in [4.69, 9.17) is 0 Å². The molecule has 134 valence electrons. The lowest BCUT2D eigenvalue weighted by atomic mass is 9.89. The number of piperidine rings is 1. The molecule has 1 amide bonds. The molecular formula is C16H17F6NO. The molecular weight excluding hydrogens is 336 g/mol. The zero-order chi connectivity index (χ0) is 18.0. The molecule has 1 heterocycles. The van der Waals surface area contributed by atoms with Crippen LogP contribution in [0.4, 0.5) is 26.3 Å². The Morgan fingerprint density at radius 2 is 1.54 bits per heavy atom. The molecule has 1 aromatic carbocycles. The van der Waals surface area contributed by atoms with Crippen molar-refractivity contribution in [1.82, 2.24) is 4.90 Å². The maximum absolute atomic E-state index is 12.5. The Kier molecular flexibility index (Phi) is 5.45. The molecule has 0 radical (unpaired) electrons. The van der Waals surface area contributed by atoms with Crippen LogP contribution in [-0.4, -0.2) is 30.1 Å². The van der Waals surface area contributed by atoms with Gasteiger partial charge in [-0.3, -0.25) is 4.79 Å².